The molecule has 4 nitrogen and oxygen atoms in total. The number of ether oxygens (including phenoxy) is 2. The molecule has 0 aromatic heterocycles. The zero-order valence-electron chi connectivity index (χ0n) is 9.24. The number of nitrogens with zero attached hydrogens (tertiary/aromatic N) is 1. The largest absolute Gasteiger partial charge is 0.457 e. The summed E-state index contributed by atoms with van der Waals surface area (Å²) in [5.41, 5.74) is 0. The van der Waals surface area contributed by atoms with E-state index in [4.69, 9.17) is 32.7 Å². The van der Waals surface area contributed by atoms with Crippen molar-refractivity contribution in [2.24, 2.45) is 4.99 Å². The first kappa shape index (κ1) is 12.5. The molecule has 0 saturated heterocycles. The van der Waals surface area contributed by atoms with Crippen LogP contribution in [0.3, 0.4) is 0 Å². The van der Waals surface area contributed by atoms with E-state index >= 15 is 0 Å². The third kappa shape index (κ3) is 3.03. The quantitative estimate of drug-likeness (QED) is 0.858. The molecule has 0 bridgehead atoms. The van der Waals surface area contributed by atoms with Gasteiger partial charge in [0.25, 0.3) is 6.29 Å². The van der Waals surface area contributed by atoms with Crippen LogP contribution in [0, 0.1) is 0 Å². The fourth-order valence-corrected chi connectivity index (χ4v) is 1.75. The molecule has 0 aliphatic carbocycles. The molecule has 17 heavy (non-hydrogen) atoms. The van der Waals surface area contributed by atoms with Gasteiger partial charge < -0.3 is 14.8 Å². The topological polar surface area (TPSA) is 42.9 Å². The summed E-state index contributed by atoms with van der Waals surface area (Å²) in [6, 6.07) is 5.05. The fourth-order valence-electron chi connectivity index (χ4n) is 1.46. The van der Waals surface area contributed by atoms with Gasteiger partial charge in [0, 0.05) is 19.7 Å². The summed E-state index contributed by atoms with van der Waals surface area (Å²) in [5, 5.41) is 4.03. The van der Waals surface area contributed by atoms with Gasteiger partial charge in [-0.2, -0.15) is 0 Å². The maximum atomic E-state index is 5.90. The van der Waals surface area contributed by atoms with Crippen molar-refractivity contribution in [3.8, 4) is 5.75 Å². The highest BCUT2D eigenvalue weighted by atomic mass is 35.5. The number of hydrogen-bond acceptors (Lipinski definition) is 4. The Labute approximate surface area is 110 Å². The van der Waals surface area contributed by atoms with Crippen molar-refractivity contribution < 1.29 is 9.47 Å². The highest BCUT2D eigenvalue weighted by molar-refractivity contribution is 6.42. The molecule has 1 atom stereocenters. The molecule has 1 aliphatic heterocycles. The van der Waals surface area contributed by atoms with Crippen molar-refractivity contribution >= 4 is 29.0 Å². The molecule has 1 N–H and O–H groups in total. The van der Waals surface area contributed by atoms with Crippen molar-refractivity contribution in [3.63, 3.8) is 0 Å². The standard InChI is InChI=1S/C11H12Cl2N2O2/c1-16-11(10-14-4-5-15-10)17-7-2-3-8(12)9(13)6-7/h2-3,6,11H,4-5H2,1H3,(H,14,15). The van der Waals surface area contributed by atoms with Crippen LogP contribution in [0.1, 0.15) is 0 Å². The summed E-state index contributed by atoms with van der Waals surface area (Å²) >= 11 is 11.7. The van der Waals surface area contributed by atoms with E-state index in [1.165, 1.54) is 0 Å². The van der Waals surface area contributed by atoms with Crippen molar-refractivity contribution in [3.05, 3.63) is 28.2 Å². The highest BCUT2D eigenvalue weighted by Crippen LogP contribution is 2.27. The first-order valence-electron chi connectivity index (χ1n) is 5.13. The molecule has 0 radical (unpaired) electrons. The normalized spacial score (nSPS) is 16.3. The van der Waals surface area contributed by atoms with E-state index in [0.717, 1.165) is 13.1 Å². The molecule has 0 saturated carbocycles. The van der Waals surface area contributed by atoms with Crippen LogP contribution in [-0.2, 0) is 4.74 Å². The number of benzene rings is 1. The third-order valence-corrected chi connectivity index (χ3v) is 3.01. The van der Waals surface area contributed by atoms with Gasteiger partial charge in [0.05, 0.1) is 16.6 Å². The monoisotopic (exact) mass is 274 g/mol. The van der Waals surface area contributed by atoms with Crippen molar-refractivity contribution in [2.75, 3.05) is 20.2 Å². The molecule has 1 unspecified atom stereocenters. The molecular weight excluding hydrogens is 263 g/mol. The summed E-state index contributed by atoms with van der Waals surface area (Å²) in [7, 11) is 1.56. The minimum absolute atomic E-state index is 0.445. The summed E-state index contributed by atoms with van der Waals surface area (Å²) in [6.07, 6.45) is -0.547. The van der Waals surface area contributed by atoms with Crippen LogP contribution in [0.4, 0.5) is 0 Å². The molecule has 1 aliphatic rings. The molecule has 1 aromatic carbocycles. The van der Waals surface area contributed by atoms with Crippen LogP contribution in [0.5, 0.6) is 5.75 Å². The molecule has 1 heterocycles. The molecule has 2 rings (SSSR count). The van der Waals surface area contributed by atoms with E-state index in [-0.39, 0.29) is 0 Å². The van der Waals surface area contributed by atoms with Gasteiger partial charge in [-0.05, 0) is 12.1 Å². The minimum atomic E-state index is -0.547. The lowest BCUT2D eigenvalue weighted by atomic mass is 10.3. The van der Waals surface area contributed by atoms with Crippen molar-refractivity contribution in [2.45, 2.75) is 6.29 Å². The molecule has 0 amide bonds. The predicted octanol–water partition coefficient (Wildman–Crippen LogP) is 2.35. The lowest BCUT2D eigenvalue weighted by Gasteiger charge is -2.17. The number of hydrogen-bond donors (Lipinski definition) is 1. The van der Waals surface area contributed by atoms with Crippen molar-refractivity contribution in [1.82, 2.24) is 5.32 Å². The smallest absolute Gasteiger partial charge is 0.258 e. The van der Waals surface area contributed by atoms with Crippen LogP contribution in [0.25, 0.3) is 0 Å². The first-order valence-corrected chi connectivity index (χ1v) is 5.89. The Hall–Kier alpha value is -0.970. The van der Waals surface area contributed by atoms with E-state index in [1.54, 1.807) is 25.3 Å². The highest BCUT2D eigenvalue weighted by Gasteiger charge is 2.20. The maximum Gasteiger partial charge on any atom is 0.258 e. The molecule has 1 aromatic rings. The average molecular weight is 275 g/mol. The number of aliphatic imine (C=N–C) groups is 1. The Bertz CT molecular complexity index is 437. The number of rotatable bonds is 4. The second-order valence-corrected chi connectivity index (χ2v) is 4.27. The molecule has 0 fully saturated rings. The summed E-state index contributed by atoms with van der Waals surface area (Å²) in [5.74, 6) is 1.28. The van der Waals surface area contributed by atoms with Crippen LogP contribution < -0.4 is 10.1 Å². The Morgan fingerprint density at radius 2 is 2.18 bits per heavy atom. The van der Waals surface area contributed by atoms with Gasteiger partial charge in [-0.15, -0.1) is 0 Å². The van der Waals surface area contributed by atoms with Crippen LogP contribution >= 0.6 is 23.2 Å². The second kappa shape index (κ2) is 5.58. The van der Waals surface area contributed by atoms with Gasteiger partial charge in [-0.1, -0.05) is 23.2 Å². The van der Waals surface area contributed by atoms with Gasteiger partial charge in [-0.3, -0.25) is 4.99 Å². The third-order valence-electron chi connectivity index (χ3n) is 2.27. The SMILES string of the molecule is COC(Oc1ccc(Cl)c(Cl)c1)C1=NCCN1. The lowest BCUT2D eigenvalue weighted by molar-refractivity contribution is -0.00206. The summed E-state index contributed by atoms with van der Waals surface area (Å²) in [4.78, 5) is 4.24. The molecule has 0 spiro atoms. The average Bonchev–Trinajstić information content (AvgIpc) is 2.84. The fraction of sp³-hybridized carbons (Fsp3) is 0.364. The van der Waals surface area contributed by atoms with Gasteiger partial charge in [0.15, 0.2) is 5.84 Å². The number of methoxy groups -OCH3 is 1. The van der Waals surface area contributed by atoms with Crippen LogP contribution in [0.15, 0.2) is 23.2 Å². The Kier molecular flexibility index (Phi) is 4.10. The van der Waals surface area contributed by atoms with Crippen LogP contribution in [0.2, 0.25) is 10.0 Å². The van der Waals surface area contributed by atoms with E-state index in [9.17, 15) is 0 Å². The van der Waals surface area contributed by atoms with Crippen LogP contribution in [-0.4, -0.2) is 32.3 Å². The van der Waals surface area contributed by atoms with Crippen molar-refractivity contribution in [1.29, 1.82) is 0 Å². The number of amidine groups is 1. The lowest BCUT2D eigenvalue weighted by Crippen LogP contribution is -2.37. The van der Waals surface area contributed by atoms with E-state index in [2.05, 4.69) is 10.3 Å². The first-order chi connectivity index (χ1) is 8.20. The maximum absolute atomic E-state index is 5.90. The molecule has 92 valence electrons. The van der Waals surface area contributed by atoms with Gasteiger partial charge >= 0.3 is 0 Å². The van der Waals surface area contributed by atoms with E-state index < -0.39 is 6.29 Å². The van der Waals surface area contributed by atoms with E-state index in [0.29, 0.717) is 21.6 Å². The van der Waals surface area contributed by atoms with E-state index in [1.807, 2.05) is 0 Å². The Morgan fingerprint density at radius 1 is 1.35 bits per heavy atom. The van der Waals surface area contributed by atoms with Gasteiger partial charge in [0.1, 0.15) is 5.75 Å². The Balaban J connectivity index is 2.09. The van der Waals surface area contributed by atoms with Gasteiger partial charge in [0.2, 0.25) is 0 Å². The molecular formula is C11H12Cl2N2O2. The van der Waals surface area contributed by atoms with Gasteiger partial charge in [-0.25, -0.2) is 0 Å². The zero-order chi connectivity index (χ0) is 12.3. The minimum Gasteiger partial charge on any atom is -0.457 e. The summed E-state index contributed by atoms with van der Waals surface area (Å²) in [6.45, 7) is 1.54. The number of halogens is 2. The molecule has 6 heteroatoms. The Morgan fingerprint density at radius 3 is 2.76 bits per heavy atom. The summed E-state index contributed by atoms with van der Waals surface area (Å²) < 4.78 is 10.8. The second-order valence-electron chi connectivity index (χ2n) is 3.46. The zero-order valence-corrected chi connectivity index (χ0v) is 10.8. The predicted molar refractivity (Wildman–Crippen MR) is 68.2 cm³/mol. The number of nitrogens with one attached hydrogen (secondary N) is 1.